The summed E-state index contributed by atoms with van der Waals surface area (Å²) in [6.07, 6.45) is 1.68. The van der Waals surface area contributed by atoms with E-state index in [0.717, 1.165) is 11.0 Å². The van der Waals surface area contributed by atoms with Crippen LogP contribution in [0.4, 0.5) is 0 Å². The first-order chi connectivity index (χ1) is 4.86. The number of fused-ring (bicyclic) bond motifs is 1. The summed E-state index contributed by atoms with van der Waals surface area (Å²) in [5, 5.41) is 1.13. The SMILES string of the molecule is Cc1c[c-]c2occc2c1.[Re]. The van der Waals surface area contributed by atoms with Gasteiger partial charge in [-0.15, -0.1) is 6.07 Å². The van der Waals surface area contributed by atoms with E-state index in [9.17, 15) is 0 Å². The molecule has 2 aromatic rings. The Labute approximate surface area is 79.1 Å². The van der Waals surface area contributed by atoms with Crippen molar-refractivity contribution in [3.05, 3.63) is 36.1 Å². The van der Waals surface area contributed by atoms with Gasteiger partial charge in [0.05, 0.1) is 6.26 Å². The van der Waals surface area contributed by atoms with Crippen molar-refractivity contribution >= 4 is 11.0 Å². The maximum atomic E-state index is 5.12. The van der Waals surface area contributed by atoms with Gasteiger partial charge in [-0.25, -0.2) is 0 Å². The molecule has 0 saturated heterocycles. The third-order valence-electron chi connectivity index (χ3n) is 1.51. The summed E-state index contributed by atoms with van der Waals surface area (Å²) >= 11 is 0. The Morgan fingerprint density at radius 1 is 1.45 bits per heavy atom. The first-order valence-electron chi connectivity index (χ1n) is 3.22. The fourth-order valence-electron chi connectivity index (χ4n) is 1.02. The number of furan rings is 1. The molecule has 1 radical (unpaired) electrons. The molecule has 0 unspecified atom stereocenters. The zero-order chi connectivity index (χ0) is 6.97. The first kappa shape index (κ1) is 8.52. The van der Waals surface area contributed by atoms with E-state index in [1.165, 1.54) is 5.56 Å². The predicted molar refractivity (Wildman–Crippen MR) is 39.8 cm³/mol. The van der Waals surface area contributed by atoms with Crippen LogP contribution in [0.25, 0.3) is 11.0 Å². The second kappa shape index (κ2) is 3.21. The molecule has 0 spiro atoms. The van der Waals surface area contributed by atoms with Crippen molar-refractivity contribution in [1.82, 2.24) is 0 Å². The zero-order valence-electron chi connectivity index (χ0n) is 6.10. The summed E-state index contributed by atoms with van der Waals surface area (Å²) in [6.45, 7) is 2.04. The Balaban J connectivity index is 0.000000605. The van der Waals surface area contributed by atoms with Crippen molar-refractivity contribution in [2.75, 3.05) is 0 Å². The van der Waals surface area contributed by atoms with Gasteiger partial charge >= 0.3 is 0 Å². The standard InChI is InChI=1S/C9H7O.Re/c1-7-2-3-9-8(6-7)4-5-10-9;/h2,4-6H,1H3;/q-1;. The van der Waals surface area contributed by atoms with E-state index in [2.05, 4.69) is 12.1 Å². The average molecular weight is 317 g/mol. The van der Waals surface area contributed by atoms with Gasteiger partial charge in [-0.3, -0.25) is 0 Å². The average Bonchev–Trinajstić information content (AvgIpc) is 2.33. The Morgan fingerprint density at radius 2 is 2.27 bits per heavy atom. The minimum atomic E-state index is 0. The molecular formula is C9H7ORe-. The maximum absolute atomic E-state index is 5.12. The van der Waals surface area contributed by atoms with Crippen LogP contribution in [0.3, 0.4) is 0 Å². The van der Waals surface area contributed by atoms with Crippen molar-refractivity contribution in [2.45, 2.75) is 6.92 Å². The number of hydrogen-bond acceptors (Lipinski definition) is 1. The molecule has 0 atom stereocenters. The van der Waals surface area contributed by atoms with Crippen LogP contribution in [0.1, 0.15) is 5.56 Å². The summed E-state index contributed by atoms with van der Waals surface area (Å²) in [4.78, 5) is 0. The Hall–Kier alpha value is -0.578. The zero-order valence-corrected chi connectivity index (χ0v) is 8.81. The van der Waals surface area contributed by atoms with Gasteiger partial charge < -0.3 is 4.42 Å². The molecule has 0 fully saturated rings. The Morgan fingerprint density at radius 3 is 3.09 bits per heavy atom. The molecule has 11 heavy (non-hydrogen) atoms. The van der Waals surface area contributed by atoms with Crippen molar-refractivity contribution in [3.8, 4) is 0 Å². The van der Waals surface area contributed by atoms with E-state index >= 15 is 0 Å². The van der Waals surface area contributed by atoms with E-state index in [1.54, 1.807) is 6.26 Å². The monoisotopic (exact) mass is 318 g/mol. The number of benzene rings is 1. The molecule has 0 saturated carbocycles. The molecule has 0 aliphatic rings. The van der Waals surface area contributed by atoms with Crippen LogP contribution in [-0.2, 0) is 20.4 Å². The van der Waals surface area contributed by atoms with Gasteiger partial charge in [0.1, 0.15) is 0 Å². The van der Waals surface area contributed by atoms with Gasteiger partial charge in [0.25, 0.3) is 0 Å². The molecule has 2 heteroatoms. The van der Waals surface area contributed by atoms with Crippen LogP contribution in [0.15, 0.2) is 28.9 Å². The molecule has 1 aromatic carbocycles. The Bertz CT molecular complexity index is 351. The van der Waals surface area contributed by atoms with Crippen LogP contribution in [0.5, 0.6) is 0 Å². The fraction of sp³-hybridized carbons (Fsp3) is 0.111. The molecule has 0 aliphatic heterocycles. The summed E-state index contributed by atoms with van der Waals surface area (Å²) in [6, 6.07) is 8.98. The van der Waals surface area contributed by atoms with Gasteiger partial charge in [-0.1, -0.05) is 18.4 Å². The van der Waals surface area contributed by atoms with Gasteiger partial charge in [-0.05, 0) is 0 Å². The van der Waals surface area contributed by atoms with E-state index < -0.39 is 0 Å². The topological polar surface area (TPSA) is 13.1 Å². The summed E-state index contributed by atoms with van der Waals surface area (Å²) in [7, 11) is 0. The third kappa shape index (κ3) is 1.53. The molecular weight excluding hydrogens is 310 g/mol. The van der Waals surface area contributed by atoms with Gasteiger partial charge in [0.2, 0.25) is 0 Å². The summed E-state index contributed by atoms with van der Waals surface area (Å²) < 4.78 is 5.12. The van der Waals surface area contributed by atoms with Crippen molar-refractivity contribution < 1.29 is 24.8 Å². The van der Waals surface area contributed by atoms with Crippen LogP contribution < -0.4 is 0 Å². The van der Waals surface area contributed by atoms with E-state index in [1.807, 2.05) is 19.1 Å². The quantitative estimate of drug-likeness (QED) is 0.681. The van der Waals surface area contributed by atoms with Crippen LogP contribution >= 0.6 is 0 Å². The fourth-order valence-corrected chi connectivity index (χ4v) is 1.02. The van der Waals surface area contributed by atoms with Crippen LogP contribution in [0.2, 0.25) is 0 Å². The minimum Gasteiger partial charge on any atom is -0.491 e. The first-order valence-corrected chi connectivity index (χ1v) is 3.22. The normalized spacial score (nSPS) is 9.55. The predicted octanol–water partition coefficient (Wildman–Crippen LogP) is 2.54. The number of rotatable bonds is 0. The second-order valence-corrected chi connectivity index (χ2v) is 2.38. The van der Waals surface area contributed by atoms with E-state index in [0.29, 0.717) is 0 Å². The second-order valence-electron chi connectivity index (χ2n) is 2.38. The molecule has 1 heterocycles. The van der Waals surface area contributed by atoms with Crippen molar-refractivity contribution in [1.29, 1.82) is 0 Å². The van der Waals surface area contributed by atoms with E-state index in [4.69, 9.17) is 4.42 Å². The van der Waals surface area contributed by atoms with E-state index in [-0.39, 0.29) is 20.4 Å². The molecule has 0 amide bonds. The van der Waals surface area contributed by atoms with Crippen molar-refractivity contribution in [2.24, 2.45) is 0 Å². The largest absolute Gasteiger partial charge is 0.491 e. The number of hydrogen-bond donors (Lipinski definition) is 0. The smallest absolute Gasteiger partial charge is 0.0764 e. The van der Waals surface area contributed by atoms with Gasteiger partial charge in [0.15, 0.2) is 0 Å². The van der Waals surface area contributed by atoms with Crippen molar-refractivity contribution in [3.63, 3.8) is 0 Å². The molecule has 0 N–H and O–H groups in total. The Kier molecular flexibility index (Phi) is 2.49. The molecule has 2 rings (SSSR count). The molecule has 1 nitrogen and oxygen atoms in total. The van der Waals surface area contributed by atoms with Crippen LogP contribution in [-0.4, -0.2) is 0 Å². The molecule has 57 valence electrons. The van der Waals surface area contributed by atoms with Gasteiger partial charge in [-0.2, -0.15) is 17.7 Å². The summed E-state index contributed by atoms with van der Waals surface area (Å²) in [5.74, 6) is 0. The summed E-state index contributed by atoms with van der Waals surface area (Å²) in [5.41, 5.74) is 2.06. The van der Waals surface area contributed by atoms with Gasteiger partial charge in [0, 0.05) is 26.0 Å². The minimum absolute atomic E-state index is 0. The number of aryl methyl sites for hydroxylation is 1. The molecule has 0 aliphatic carbocycles. The molecule has 1 aromatic heterocycles. The van der Waals surface area contributed by atoms with Crippen LogP contribution in [0, 0.1) is 13.0 Å². The molecule has 0 bridgehead atoms. The third-order valence-corrected chi connectivity index (χ3v) is 1.51. The maximum Gasteiger partial charge on any atom is 0.0764 e.